The Morgan fingerprint density at radius 1 is 1.40 bits per heavy atom. The summed E-state index contributed by atoms with van der Waals surface area (Å²) in [7, 11) is 1.57. The molecule has 1 aromatic carbocycles. The third-order valence-corrected chi connectivity index (χ3v) is 2.61. The Bertz CT molecular complexity index is 625. The number of nitrogens with one attached hydrogen (secondary N) is 1. The molecule has 0 radical (unpaired) electrons. The first-order valence-corrected chi connectivity index (χ1v) is 6.00. The predicted molar refractivity (Wildman–Crippen MR) is 77.4 cm³/mol. The number of benzene rings is 1. The van der Waals surface area contributed by atoms with Gasteiger partial charge in [0, 0.05) is 19.5 Å². The number of amides is 1. The highest BCUT2D eigenvalue weighted by atomic mass is 16.1. The lowest BCUT2D eigenvalue weighted by Crippen LogP contribution is -2.19. The average Bonchev–Trinajstić information content (AvgIpc) is 2.76. The standard InChI is InChI=1S/C12H14N4O.C2H3N/c1-8-10(12(17)14-2)15-16(11(8)13)9-6-4-3-5-7-9;1-2-3/h3-7H,13H2,1-2H3,(H,14,17);1H3. The number of nitrogens with two attached hydrogens (primary N) is 1. The third-order valence-electron chi connectivity index (χ3n) is 2.61. The molecule has 0 aliphatic heterocycles. The van der Waals surface area contributed by atoms with Crippen molar-refractivity contribution in [2.45, 2.75) is 13.8 Å². The largest absolute Gasteiger partial charge is 0.383 e. The first-order valence-electron chi connectivity index (χ1n) is 6.00. The van der Waals surface area contributed by atoms with E-state index in [1.807, 2.05) is 30.3 Å². The smallest absolute Gasteiger partial charge is 0.271 e. The molecule has 6 nitrogen and oxygen atoms in total. The maximum Gasteiger partial charge on any atom is 0.271 e. The molecule has 1 aromatic heterocycles. The molecule has 0 bridgehead atoms. The van der Waals surface area contributed by atoms with E-state index in [0.717, 1.165) is 5.69 Å². The third kappa shape index (κ3) is 3.14. The minimum atomic E-state index is -0.233. The highest BCUT2D eigenvalue weighted by Gasteiger charge is 2.17. The van der Waals surface area contributed by atoms with Crippen molar-refractivity contribution in [1.29, 1.82) is 5.26 Å². The fourth-order valence-corrected chi connectivity index (χ4v) is 1.61. The van der Waals surface area contributed by atoms with Gasteiger partial charge in [0.05, 0.1) is 11.8 Å². The SMILES string of the molecule is CC#N.CNC(=O)c1nn(-c2ccccc2)c(N)c1C. The lowest BCUT2D eigenvalue weighted by molar-refractivity contribution is 0.0957. The summed E-state index contributed by atoms with van der Waals surface area (Å²) in [5.74, 6) is 0.249. The second-order valence-electron chi connectivity index (χ2n) is 3.91. The van der Waals surface area contributed by atoms with Crippen molar-refractivity contribution in [3.63, 3.8) is 0 Å². The molecule has 0 atom stereocenters. The number of hydrogen-bond acceptors (Lipinski definition) is 4. The monoisotopic (exact) mass is 271 g/mol. The number of nitrogens with zero attached hydrogens (tertiary/aromatic N) is 3. The van der Waals surface area contributed by atoms with Gasteiger partial charge < -0.3 is 11.1 Å². The van der Waals surface area contributed by atoms with Crippen LogP contribution in [0.1, 0.15) is 23.0 Å². The number of aromatic nitrogens is 2. The molecule has 6 heteroatoms. The van der Waals surface area contributed by atoms with E-state index < -0.39 is 0 Å². The Labute approximate surface area is 117 Å². The summed E-state index contributed by atoms with van der Waals surface area (Å²) in [6.45, 7) is 3.21. The number of nitrogen functional groups attached to an aromatic ring is 1. The van der Waals surface area contributed by atoms with Crippen LogP contribution >= 0.6 is 0 Å². The van der Waals surface area contributed by atoms with Crippen LogP contribution < -0.4 is 11.1 Å². The van der Waals surface area contributed by atoms with E-state index in [1.165, 1.54) is 6.92 Å². The molecule has 0 saturated carbocycles. The number of rotatable bonds is 2. The lowest BCUT2D eigenvalue weighted by atomic mass is 10.2. The minimum absolute atomic E-state index is 0.233. The lowest BCUT2D eigenvalue weighted by Gasteiger charge is -2.02. The van der Waals surface area contributed by atoms with Gasteiger partial charge in [0.15, 0.2) is 5.69 Å². The normalized spacial score (nSPS) is 9.10. The summed E-state index contributed by atoms with van der Waals surface area (Å²) in [5, 5.41) is 14.1. The first-order chi connectivity index (χ1) is 9.56. The summed E-state index contributed by atoms with van der Waals surface area (Å²) in [4.78, 5) is 11.6. The van der Waals surface area contributed by atoms with E-state index in [9.17, 15) is 4.79 Å². The van der Waals surface area contributed by atoms with Crippen molar-refractivity contribution in [2.75, 3.05) is 12.8 Å². The van der Waals surface area contributed by atoms with E-state index >= 15 is 0 Å². The Hall–Kier alpha value is -2.81. The minimum Gasteiger partial charge on any atom is -0.383 e. The van der Waals surface area contributed by atoms with Crippen LogP contribution in [0, 0.1) is 18.3 Å². The van der Waals surface area contributed by atoms with Crippen molar-refractivity contribution in [1.82, 2.24) is 15.1 Å². The average molecular weight is 271 g/mol. The highest BCUT2D eigenvalue weighted by Crippen LogP contribution is 2.19. The quantitative estimate of drug-likeness (QED) is 0.867. The van der Waals surface area contributed by atoms with Crippen LogP contribution in [0.3, 0.4) is 0 Å². The molecule has 3 N–H and O–H groups in total. The van der Waals surface area contributed by atoms with Crippen LogP contribution in [0.15, 0.2) is 30.3 Å². The van der Waals surface area contributed by atoms with Crippen molar-refractivity contribution >= 4 is 11.7 Å². The zero-order valence-corrected chi connectivity index (χ0v) is 11.7. The molecule has 0 fully saturated rings. The fraction of sp³-hybridized carbons (Fsp3) is 0.214. The Morgan fingerprint density at radius 2 is 1.95 bits per heavy atom. The molecule has 1 amide bonds. The number of nitriles is 1. The summed E-state index contributed by atoms with van der Waals surface area (Å²) in [6.07, 6.45) is 0. The van der Waals surface area contributed by atoms with Gasteiger partial charge in [-0.25, -0.2) is 4.68 Å². The Balaban J connectivity index is 0.000000612. The van der Waals surface area contributed by atoms with Crippen molar-refractivity contribution in [3.8, 4) is 11.8 Å². The van der Waals surface area contributed by atoms with Crippen LogP contribution in [0.25, 0.3) is 5.69 Å². The zero-order valence-electron chi connectivity index (χ0n) is 11.7. The van der Waals surface area contributed by atoms with Crippen LogP contribution in [-0.2, 0) is 0 Å². The summed E-state index contributed by atoms with van der Waals surface area (Å²) < 4.78 is 1.57. The fourth-order valence-electron chi connectivity index (χ4n) is 1.61. The molecule has 20 heavy (non-hydrogen) atoms. The van der Waals surface area contributed by atoms with Crippen LogP contribution in [0.4, 0.5) is 5.82 Å². The van der Waals surface area contributed by atoms with E-state index in [1.54, 1.807) is 24.7 Å². The first kappa shape index (κ1) is 15.2. The van der Waals surface area contributed by atoms with Gasteiger partial charge in [0.1, 0.15) is 5.82 Å². The van der Waals surface area contributed by atoms with Gasteiger partial charge in [-0.05, 0) is 19.1 Å². The molecule has 1 heterocycles. The maximum absolute atomic E-state index is 11.6. The Morgan fingerprint density at radius 3 is 2.45 bits per heavy atom. The second kappa shape index (κ2) is 6.95. The van der Waals surface area contributed by atoms with Gasteiger partial charge in [0.25, 0.3) is 5.91 Å². The number of carbonyl (C=O) groups excluding carboxylic acids is 1. The number of carbonyl (C=O) groups is 1. The second-order valence-corrected chi connectivity index (χ2v) is 3.91. The van der Waals surface area contributed by atoms with Crippen molar-refractivity contribution < 1.29 is 4.79 Å². The van der Waals surface area contributed by atoms with E-state index in [-0.39, 0.29) is 5.91 Å². The summed E-state index contributed by atoms with van der Waals surface area (Å²) in [6, 6.07) is 11.2. The topological polar surface area (TPSA) is 96.7 Å². The van der Waals surface area contributed by atoms with Gasteiger partial charge in [0.2, 0.25) is 0 Å². The van der Waals surface area contributed by atoms with E-state index in [4.69, 9.17) is 11.0 Å². The molecular formula is C14H17N5O. The molecular weight excluding hydrogens is 254 g/mol. The molecule has 0 aliphatic carbocycles. The Kier molecular flexibility index (Phi) is 5.30. The van der Waals surface area contributed by atoms with E-state index in [0.29, 0.717) is 17.1 Å². The van der Waals surface area contributed by atoms with Crippen LogP contribution in [-0.4, -0.2) is 22.7 Å². The van der Waals surface area contributed by atoms with Crippen molar-refractivity contribution in [2.24, 2.45) is 0 Å². The number of hydrogen-bond donors (Lipinski definition) is 2. The van der Waals surface area contributed by atoms with Gasteiger partial charge in [-0.15, -0.1) is 0 Å². The number of anilines is 1. The molecule has 0 saturated heterocycles. The summed E-state index contributed by atoms with van der Waals surface area (Å²) in [5.41, 5.74) is 7.83. The van der Waals surface area contributed by atoms with Crippen LogP contribution in [0.2, 0.25) is 0 Å². The molecule has 2 rings (SSSR count). The number of para-hydroxylation sites is 1. The van der Waals surface area contributed by atoms with Gasteiger partial charge >= 0.3 is 0 Å². The molecule has 104 valence electrons. The molecule has 0 aliphatic rings. The maximum atomic E-state index is 11.6. The van der Waals surface area contributed by atoms with Crippen LogP contribution in [0.5, 0.6) is 0 Å². The van der Waals surface area contributed by atoms with Gasteiger partial charge in [-0.1, -0.05) is 18.2 Å². The molecule has 2 aromatic rings. The van der Waals surface area contributed by atoms with E-state index in [2.05, 4.69) is 10.4 Å². The molecule has 0 spiro atoms. The predicted octanol–water partition coefficient (Wildman–Crippen LogP) is 1.65. The highest BCUT2D eigenvalue weighted by molar-refractivity contribution is 5.94. The molecule has 0 unspecified atom stereocenters. The van der Waals surface area contributed by atoms with Gasteiger partial charge in [-0.3, -0.25) is 4.79 Å². The van der Waals surface area contributed by atoms with Gasteiger partial charge in [-0.2, -0.15) is 10.4 Å². The van der Waals surface area contributed by atoms with Crippen molar-refractivity contribution in [3.05, 3.63) is 41.6 Å². The zero-order chi connectivity index (χ0) is 15.1. The summed E-state index contributed by atoms with van der Waals surface area (Å²) >= 11 is 0.